The summed E-state index contributed by atoms with van der Waals surface area (Å²) in [5, 5.41) is 4.34. The van der Waals surface area contributed by atoms with Crippen molar-refractivity contribution in [3.63, 3.8) is 0 Å². The lowest BCUT2D eigenvalue weighted by molar-refractivity contribution is -0.132. The molecule has 6 heteroatoms. The summed E-state index contributed by atoms with van der Waals surface area (Å²) in [6.07, 6.45) is 6.64. The Kier molecular flexibility index (Phi) is 4.50. The minimum atomic E-state index is 0.216. The Bertz CT molecular complexity index is 687. The van der Waals surface area contributed by atoms with E-state index in [-0.39, 0.29) is 5.91 Å². The molecule has 1 aliphatic heterocycles. The second kappa shape index (κ2) is 6.56. The number of aromatic nitrogens is 4. The molecule has 1 fully saturated rings. The third kappa shape index (κ3) is 3.63. The number of likely N-dealkylation sites (tertiary alicyclic amines) is 1. The normalized spacial score (nSPS) is 18.4. The number of amides is 1. The second-order valence-electron chi connectivity index (χ2n) is 6.50. The Morgan fingerprint density at radius 1 is 1.35 bits per heavy atom. The standard InChI is InChI=1S/C17H25N5O/c1-13-6-9-22(19-13)10-7-16(23)21-8-4-5-15(12-21)17-18-14(2)11-20(17)3/h6,9,11,15H,4-5,7-8,10,12H2,1-3H3. The van der Waals surface area contributed by atoms with Gasteiger partial charge in [-0.25, -0.2) is 4.98 Å². The van der Waals surface area contributed by atoms with Crippen molar-refractivity contribution in [3.05, 3.63) is 35.7 Å². The molecule has 0 N–H and O–H groups in total. The van der Waals surface area contributed by atoms with Crippen LogP contribution in [0, 0.1) is 13.8 Å². The third-order valence-corrected chi connectivity index (χ3v) is 4.50. The van der Waals surface area contributed by atoms with Gasteiger partial charge in [0.05, 0.1) is 11.4 Å². The Labute approximate surface area is 137 Å². The van der Waals surface area contributed by atoms with E-state index in [2.05, 4.69) is 20.8 Å². The first-order chi connectivity index (χ1) is 11.0. The van der Waals surface area contributed by atoms with Crippen LogP contribution in [0.3, 0.4) is 0 Å². The van der Waals surface area contributed by atoms with E-state index >= 15 is 0 Å². The van der Waals surface area contributed by atoms with Crippen molar-refractivity contribution in [2.24, 2.45) is 7.05 Å². The Hall–Kier alpha value is -2.11. The molecular formula is C17H25N5O. The smallest absolute Gasteiger partial charge is 0.224 e. The van der Waals surface area contributed by atoms with Gasteiger partial charge >= 0.3 is 0 Å². The average molecular weight is 315 g/mol. The van der Waals surface area contributed by atoms with Crippen LogP contribution in [-0.2, 0) is 18.4 Å². The van der Waals surface area contributed by atoms with Gasteiger partial charge < -0.3 is 9.47 Å². The molecule has 2 aromatic rings. The number of aryl methyl sites for hydroxylation is 4. The number of hydrogen-bond acceptors (Lipinski definition) is 3. The minimum absolute atomic E-state index is 0.216. The van der Waals surface area contributed by atoms with Gasteiger partial charge in [0.15, 0.2) is 0 Å². The zero-order chi connectivity index (χ0) is 16.4. The highest BCUT2D eigenvalue weighted by molar-refractivity contribution is 5.76. The van der Waals surface area contributed by atoms with Gasteiger partial charge in [-0.05, 0) is 32.8 Å². The number of carbonyl (C=O) groups excluding carboxylic acids is 1. The van der Waals surface area contributed by atoms with Crippen molar-refractivity contribution in [1.82, 2.24) is 24.2 Å². The maximum atomic E-state index is 12.5. The fourth-order valence-electron chi connectivity index (χ4n) is 3.38. The molecule has 2 aromatic heterocycles. The van der Waals surface area contributed by atoms with Gasteiger partial charge in [-0.15, -0.1) is 0 Å². The van der Waals surface area contributed by atoms with E-state index in [1.807, 2.05) is 42.7 Å². The van der Waals surface area contributed by atoms with E-state index in [4.69, 9.17) is 0 Å². The van der Waals surface area contributed by atoms with Crippen molar-refractivity contribution in [2.75, 3.05) is 13.1 Å². The summed E-state index contributed by atoms with van der Waals surface area (Å²) in [7, 11) is 2.04. The lowest BCUT2D eigenvalue weighted by atomic mass is 9.97. The maximum absolute atomic E-state index is 12.5. The minimum Gasteiger partial charge on any atom is -0.342 e. The largest absolute Gasteiger partial charge is 0.342 e. The summed E-state index contributed by atoms with van der Waals surface area (Å²) >= 11 is 0. The number of nitrogens with zero attached hydrogens (tertiary/aromatic N) is 5. The van der Waals surface area contributed by atoms with Gasteiger partial charge in [-0.1, -0.05) is 0 Å². The molecular weight excluding hydrogens is 290 g/mol. The highest BCUT2D eigenvalue weighted by atomic mass is 16.2. The summed E-state index contributed by atoms with van der Waals surface area (Å²) in [5.41, 5.74) is 2.03. The van der Waals surface area contributed by atoms with Crippen LogP contribution in [0.25, 0.3) is 0 Å². The van der Waals surface area contributed by atoms with E-state index in [1.165, 1.54) is 0 Å². The SMILES string of the molecule is Cc1cn(C)c(C2CCCN(C(=O)CCn3ccc(C)n3)C2)n1. The number of imidazole rings is 1. The van der Waals surface area contributed by atoms with Crippen molar-refractivity contribution >= 4 is 5.91 Å². The van der Waals surface area contributed by atoms with E-state index in [1.54, 1.807) is 0 Å². The summed E-state index contributed by atoms with van der Waals surface area (Å²) in [5.74, 6) is 1.66. The van der Waals surface area contributed by atoms with E-state index in [0.717, 1.165) is 43.1 Å². The molecule has 6 nitrogen and oxygen atoms in total. The summed E-state index contributed by atoms with van der Waals surface area (Å²) in [6.45, 7) is 6.26. The molecule has 23 heavy (non-hydrogen) atoms. The summed E-state index contributed by atoms with van der Waals surface area (Å²) in [6, 6.07) is 1.96. The topological polar surface area (TPSA) is 56.0 Å². The monoisotopic (exact) mass is 315 g/mol. The van der Waals surface area contributed by atoms with Crippen LogP contribution in [0.1, 0.15) is 42.4 Å². The predicted octanol–water partition coefficient (Wildman–Crippen LogP) is 2.03. The van der Waals surface area contributed by atoms with Gasteiger partial charge in [0.2, 0.25) is 5.91 Å². The zero-order valence-corrected chi connectivity index (χ0v) is 14.2. The highest BCUT2D eigenvalue weighted by Crippen LogP contribution is 2.26. The van der Waals surface area contributed by atoms with Crippen molar-refractivity contribution in [1.29, 1.82) is 0 Å². The summed E-state index contributed by atoms with van der Waals surface area (Å²) in [4.78, 5) is 19.1. The molecule has 0 radical (unpaired) electrons. The molecule has 0 aliphatic carbocycles. The molecule has 1 unspecified atom stereocenters. The maximum Gasteiger partial charge on any atom is 0.224 e. The first-order valence-corrected chi connectivity index (χ1v) is 8.30. The molecule has 1 amide bonds. The van der Waals surface area contributed by atoms with E-state index in [9.17, 15) is 4.79 Å². The molecule has 3 heterocycles. The number of hydrogen-bond donors (Lipinski definition) is 0. The number of carbonyl (C=O) groups is 1. The van der Waals surface area contributed by atoms with Crippen LogP contribution in [-0.4, -0.2) is 43.2 Å². The predicted molar refractivity (Wildman–Crippen MR) is 88.1 cm³/mol. The molecule has 0 saturated carbocycles. The fraction of sp³-hybridized carbons (Fsp3) is 0.588. The molecule has 1 saturated heterocycles. The van der Waals surface area contributed by atoms with Crippen LogP contribution >= 0.6 is 0 Å². The Balaban J connectivity index is 1.59. The lowest BCUT2D eigenvalue weighted by Crippen LogP contribution is -2.40. The zero-order valence-electron chi connectivity index (χ0n) is 14.2. The van der Waals surface area contributed by atoms with Crippen LogP contribution in [0.5, 0.6) is 0 Å². The van der Waals surface area contributed by atoms with Crippen LogP contribution in [0.2, 0.25) is 0 Å². The first kappa shape index (κ1) is 15.8. The molecule has 124 valence electrons. The third-order valence-electron chi connectivity index (χ3n) is 4.50. The lowest BCUT2D eigenvalue weighted by Gasteiger charge is -2.32. The van der Waals surface area contributed by atoms with Crippen LogP contribution in [0.4, 0.5) is 0 Å². The highest BCUT2D eigenvalue weighted by Gasteiger charge is 2.27. The van der Waals surface area contributed by atoms with E-state index in [0.29, 0.717) is 18.9 Å². The Morgan fingerprint density at radius 3 is 2.83 bits per heavy atom. The average Bonchev–Trinajstić information content (AvgIpc) is 3.10. The van der Waals surface area contributed by atoms with Crippen LogP contribution < -0.4 is 0 Å². The summed E-state index contributed by atoms with van der Waals surface area (Å²) < 4.78 is 3.94. The van der Waals surface area contributed by atoms with Crippen LogP contribution in [0.15, 0.2) is 18.5 Å². The second-order valence-corrected chi connectivity index (χ2v) is 6.50. The van der Waals surface area contributed by atoms with Crippen molar-refractivity contribution < 1.29 is 4.79 Å². The molecule has 1 atom stereocenters. The fourth-order valence-corrected chi connectivity index (χ4v) is 3.38. The first-order valence-electron chi connectivity index (χ1n) is 8.30. The van der Waals surface area contributed by atoms with Gasteiger partial charge in [-0.3, -0.25) is 9.48 Å². The van der Waals surface area contributed by atoms with Gasteiger partial charge in [0.25, 0.3) is 0 Å². The van der Waals surface area contributed by atoms with Gasteiger partial charge in [-0.2, -0.15) is 5.10 Å². The quantitative estimate of drug-likeness (QED) is 0.867. The van der Waals surface area contributed by atoms with E-state index < -0.39 is 0 Å². The Morgan fingerprint density at radius 2 is 2.17 bits per heavy atom. The molecule has 0 bridgehead atoms. The number of piperidine rings is 1. The van der Waals surface area contributed by atoms with Gasteiger partial charge in [0.1, 0.15) is 5.82 Å². The molecule has 1 aliphatic rings. The van der Waals surface area contributed by atoms with Gasteiger partial charge in [0, 0.05) is 51.4 Å². The van der Waals surface area contributed by atoms with Crippen molar-refractivity contribution in [3.8, 4) is 0 Å². The molecule has 0 spiro atoms. The number of rotatable bonds is 4. The molecule has 3 rings (SSSR count). The van der Waals surface area contributed by atoms with Crippen molar-refractivity contribution in [2.45, 2.75) is 45.6 Å². The molecule has 0 aromatic carbocycles.